The second-order valence-corrected chi connectivity index (χ2v) is 5.17. The first-order valence-corrected chi connectivity index (χ1v) is 5.44. The number of nitrogens with one attached hydrogen (secondary N) is 1. The van der Waals surface area contributed by atoms with E-state index in [0.717, 1.165) is 22.3 Å². The van der Waals surface area contributed by atoms with Crippen LogP contribution in [0, 0.1) is 0 Å². The lowest BCUT2D eigenvalue weighted by Crippen LogP contribution is -2.33. The van der Waals surface area contributed by atoms with E-state index in [0.29, 0.717) is 0 Å². The number of hydrogen-bond donors (Lipinski definition) is 1. The van der Waals surface area contributed by atoms with Gasteiger partial charge in [0.15, 0.2) is 0 Å². The molecule has 0 fully saturated rings. The molecular formula is C13H19N2O+. The number of ether oxygens (including phenoxy) is 1. The smallest absolute Gasteiger partial charge is 0.120 e. The monoisotopic (exact) mass is 219 g/mol. The summed E-state index contributed by atoms with van der Waals surface area (Å²) in [5, 5.41) is 1.29. The number of H-pyrrole nitrogens is 1. The highest BCUT2D eigenvalue weighted by Gasteiger charge is 2.12. The largest absolute Gasteiger partial charge is 0.497 e. The molecule has 3 nitrogen and oxygen atoms in total. The van der Waals surface area contributed by atoms with E-state index in [4.69, 9.17) is 4.74 Å². The molecule has 2 rings (SSSR count). The molecule has 0 amide bonds. The van der Waals surface area contributed by atoms with Crippen LogP contribution in [0.5, 0.6) is 5.75 Å². The number of benzene rings is 1. The van der Waals surface area contributed by atoms with Crippen molar-refractivity contribution in [2.24, 2.45) is 0 Å². The van der Waals surface area contributed by atoms with Crippen molar-refractivity contribution in [3.63, 3.8) is 0 Å². The van der Waals surface area contributed by atoms with E-state index < -0.39 is 0 Å². The van der Waals surface area contributed by atoms with Gasteiger partial charge in [0.2, 0.25) is 0 Å². The highest BCUT2D eigenvalue weighted by atomic mass is 16.5. The lowest BCUT2D eigenvalue weighted by atomic mass is 10.1. The fourth-order valence-electron chi connectivity index (χ4n) is 1.93. The Morgan fingerprint density at radius 1 is 1.25 bits per heavy atom. The van der Waals surface area contributed by atoms with Crippen LogP contribution < -0.4 is 4.74 Å². The zero-order valence-corrected chi connectivity index (χ0v) is 10.4. The maximum absolute atomic E-state index is 5.21. The van der Waals surface area contributed by atoms with Crippen molar-refractivity contribution in [3.8, 4) is 5.75 Å². The van der Waals surface area contributed by atoms with Crippen molar-refractivity contribution in [3.05, 3.63) is 30.0 Å². The minimum Gasteiger partial charge on any atom is -0.497 e. The van der Waals surface area contributed by atoms with Gasteiger partial charge in [0.05, 0.1) is 28.3 Å². The standard InChI is InChI=1S/C13H19N2O/c1-15(2,3)9-10-8-14-13-7-11(16-4)5-6-12(10)13/h5-8,14H,9H2,1-4H3/q+1. The zero-order chi connectivity index (χ0) is 11.8. The summed E-state index contributed by atoms with van der Waals surface area (Å²) in [6.07, 6.45) is 2.09. The Morgan fingerprint density at radius 3 is 2.62 bits per heavy atom. The number of fused-ring (bicyclic) bond motifs is 1. The van der Waals surface area contributed by atoms with Crippen LogP contribution in [0.4, 0.5) is 0 Å². The molecule has 0 saturated carbocycles. The molecular weight excluding hydrogens is 200 g/mol. The van der Waals surface area contributed by atoms with Gasteiger partial charge in [-0.15, -0.1) is 0 Å². The number of methoxy groups -OCH3 is 1. The van der Waals surface area contributed by atoms with Gasteiger partial charge in [0.1, 0.15) is 12.3 Å². The van der Waals surface area contributed by atoms with E-state index in [1.54, 1.807) is 7.11 Å². The van der Waals surface area contributed by atoms with Crippen LogP contribution in [-0.2, 0) is 6.54 Å². The highest BCUT2D eigenvalue weighted by Crippen LogP contribution is 2.24. The Kier molecular flexibility index (Phi) is 2.64. The van der Waals surface area contributed by atoms with E-state index in [-0.39, 0.29) is 0 Å². The van der Waals surface area contributed by atoms with Gasteiger partial charge >= 0.3 is 0 Å². The topological polar surface area (TPSA) is 25.0 Å². The number of quaternary nitrogens is 1. The molecule has 0 atom stereocenters. The molecule has 0 aliphatic rings. The molecule has 0 aliphatic carbocycles. The third kappa shape index (κ3) is 2.19. The van der Waals surface area contributed by atoms with Gasteiger partial charge in [-0.05, 0) is 12.1 Å². The van der Waals surface area contributed by atoms with Crippen LogP contribution in [-0.4, -0.2) is 37.7 Å². The maximum Gasteiger partial charge on any atom is 0.120 e. The molecule has 1 aromatic carbocycles. The van der Waals surface area contributed by atoms with Gasteiger partial charge in [-0.25, -0.2) is 0 Å². The Labute approximate surface area is 96.2 Å². The number of nitrogens with zero attached hydrogens (tertiary/aromatic N) is 1. The Morgan fingerprint density at radius 2 is 2.00 bits per heavy atom. The fourth-order valence-corrected chi connectivity index (χ4v) is 1.93. The van der Waals surface area contributed by atoms with Gasteiger partial charge in [0, 0.05) is 28.7 Å². The van der Waals surface area contributed by atoms with Crippen molar-refractivity contribution in [1.82, 2.24) is 4.98 Å². The van der Waals surface area contributed by atoms with E-state index in [1.165, 1.54) is 10.9 Å². The van der Waals surface area contributed by atoms with Crippen LogP contribution >= 0.6 is 0 Å². The molecule has 0 saturated heterocycles. The minimum atomic E-state index is 0.895. The predicted octanol–water partition coefficient (Wildman–Crippen LogP) is 2.38. The first kappa shape index (κ1) is 11.0. The van der Waals surface area contributed by atoms with Crippen LogP contribution in [0.2, 0.25) is 0 Å². The van der Waals surface area contributed by atoms with Crippen molar-refractivity contribution in [2.45, 2.75) is 6.54 Å². The van der Waals surface area contributed by atoms with E-state index in [1.807, 2.05) is 12.1 Å². The van der Waals surface area contributed by atoms with Crippen molar-refractivity contribution in [1.29, 1.82) is 0 Å². The molecule has 1 aromatic heterocycles. The average Bonchev–Trinajstić information content (AvgIpc) is 2.58. The van der Waals surface area contributed by atoms with Crippen LogP contribution in [0.25, 0.3) is 10.9 Å². The molecule has 0 aliphatic heterocycles. The second-order valence-electron chi connectivity index (χ2n) is 5.17. The summed E-state index contributed by atoms with van der Waals surface area (Å²) in [7, 11) is 8.28. The normalized spacial score (nSPS) is 12.0. The fraction of sp³-hybridized carbons (Fsp3) is 0.385. The molecule has 3 heteroatoms. The van der Waals surface area contributed by atoms with Crippen molar-refractivity contribution >= 4 is 10.9 Å². The van der Waals surface area contributed by atoms with Gasteiger partial charge in [-0.2, -0.15) is 0 Å². The van der Waals surface area contributed by atoms with Crippen LogP contribution in [0.1, 0.15) is 5.56 Å². The minimum absolute atomic E-state index is 0.895. The summed E-state index contributed by atoms with van der Waals surface area (Å²) in [6.45, 7) is 1.02. The molecule has 86 valence electrons. The number of aromatic amines is 1. The summed E-state index contributed by atoms with van der Waals surface area (Å²) >= 11 is 0. The summed E-state index contributed by atoms with van der Waals surface area (Å²) in [5.74, 6) is 0.895. The predicted molar refractivity (Wildman–Crippen MR) is 66.6 cm³/mol. The highest BCUT2D eigenvalue weighted by molar-refractivity contribution is 5.84. The number of rotatable bonds is 3. The maximum atomic E-state index is 5.21. The van der Waals surface area contributed by atoms with E-state index in [9.17, 15) is 0 Å². The Balaban J connectivity index is 2.42. The number of aromatic nitrogens is 1. The zero-order valence-electron chi connectivity index (χ0n) is 10.4. The summed E-state index contributed by atoms with van der Waals surface area (Å²) in [5.41, 5.74) is 2.49. The molecule has 0 radical (unpaired) electrons. The summed E-state index contributed by atoms with van der Waals surface area (Å²) < 4.78 is 6.14. The molecule has 1 heterocycles. The Hall–Kier alpha value is -1.48. The second kappa shape index (κ2) is 3.83. The van der Waals surface area contributed by atoms with Gasteiger partial charge < -0.3 is 14.2 Å². The number of hydrogen-bond acceptors (Lipinski definition) is 1. The third-order valence-corrected chi connectivity index (χ3v) is 2.62. The molecule has 1 N–H and O–H groups in total. The average molecular weight is 219 g/mol. The first-order valence-electron chi connectivity index (χ1n) is 5.44. The third-order valence-electron chi connectivity index (χ3n) is 2.62. The van der Waals surface area contributed by atoms with Crippen LogP contribution in [0.15, 0.2) is 24.4 Å². The molecule has 16 heavy (non-hydrogen) atoms. The lowest BCUT2D eigenvalue weighted by Gasteiger charge is -2.23. The molecule has 0 spiro atoms. The molecule has 0 bridgehead atoms. The SMILES string of the molecule is COc1ccc2c(C[N+](C)(C)C)c[nH]c2c1. The quantitative estimate of drug-likeness (QED) is 0.788. The van der Waals surface area contributed by atoms with Crippen molar-refractivity contribution < 1.29 is 9.22 Å². The van der Waals surface area contributed by atoms with Gasteiger partial charge in [0.25, 0.3) is 0 Å². The summed E-state index contributed by atoms with van der Waals surface area (Å²) in [4.78, 5) is 3.30. The van der Waals surface area contributed by atoms with Gasteiger partial charge in [-0.1, -0.05) is 0 Å². The van der Waals surface area contributed by atoms with E-state index >= 15 is 0 Å². The first-order chi connectivity index (χ1) is 7.49. The molecule has 0 unspecified atom stereocenters. The summed E-state index contributed by atoms with van der Waals surface area (Å²) in [6, 6.07) is 6.17. The van der Waals surface area contributed by atoms with Crippen LogP contribution in [0.3, 0.4) is 0 Å². The van der Waals surface area contributed by atoms with E-state index in [2.05, 4.69) is 38.4 Å². The lowest BCUT2D eigenvalue weighted by molar-refractivity contribution is -0.883. The molecule has 2 aromatic rings. The van der Waals surface area contributed by atoms with Gasteiger partial charge in [-0.3, -0.25) is 0 Å². The van der Waals surface area contributed by atoms with Crippen molar-refractivity contribution in [2.75, 3.05) is 28.3 Å². The Bertz CT molecular complexity index is 494.